The summed E-state index contributed by atoms with van der Waals surface area (Å²) in [5.74, 6) is -0.546. The molecule has 34 heavy (non-hydrogen) atoms. The maximum Gasteiger partial charge on any atom is 0.319 e. The fraction of sp³-hybridized carbons (Fsp3) is 0.250. The molecule has 3 rings (SSSR count). The standard InChI is InChI=1S/C24H27ClN6O3/c1-15-13-16(2)31(30-15)17(3)23(33)29-21-10-9-19(14-20(21)25)27-22(32)11-12-26-24(34)28-18-7-5-4-6-8-18/h4-10,13-14,17H,11-12H2,1-3H3,(H,27,32)(H,29,33)(H2,26,28,34). The van der Waals surface area contributed by atoms with E-state index in [0.29, 0.717) is 17.1 Å². The van der Waals surface area contributed by atoms with Crippen molar-refractivity contribution in [1.29, 1.82) is 0 Å². The number of para-hydroxylation sites is 1. The molecule has 0 spiro atoms. The van der Waals surface area contributed by atoms with Gasteiger partial charge in [-0.2, -0.15) is 5.10 Å². The van der Waals surface area contributed by atoms with Gasteiger partial charge >= 0.3 is 6.03 Å². The third-order valence-corrected chi connectivity index (χ3v) is 5.28. The fourth-order valence-electron chi connectivity index (χ4n) is 3.29. The summed E-state index contributed by atoms with van der Waals surface area (Å²) in [6.07, 6.45) is 0.0818. The second kappa shape index (κ2) is 11.3. The zero-order chi connectivity index (χ0) is 24.7. The number of hydrogen-bond donors (Lipinski definition) is 4. The molecule has 178 valence electrons. The van der Waals surface area contributed by atoms with Crippen LogP contribution < -0.4 is 21.3 Å². The lowest BCUT2D eigenvalue weighted by Crippen LogP contribution is -2.31. The number of carbonyl (C=O) groups is 3. The highest BCUT2D eigenvalue weighted by atomic mass is 35.5. The topological polar surface area (TPSA) is 117 Å². The maximum absolute atomic E-state index is 12.6. The zero-order valence-electron chi connectivity index (χ0n) is 19.2. The molecule has 3 aromatic rings. The van der Waals surface area contributed by atoms with Crippen LogP contribution in [0, 0.1) is 13.8 Å². The van der Waals surface area contributed by atoms with Crippen molar-refractivity contribution in [2.75, 3.05) is 22.5 Å². The number of hydrogen-bond acceptors (Lipinski definition) is 4. The molecule has 1 atom stereocenters. The van der Waals surface area contributed by atoms with E-state index in [1.165, 1.54) is 0 Å². The SMILES string of the molecule is Cc1cc(C)n(C(C)C(=O)Nc2ccc(NC(=O)CCNC(=O)Nc3ccccc3)cc2Cl)n1. The van der Waals surface area contributed by atoms with Gasteiger partial charge in [0, 0.05) is 30.0 Å². The summed E-state index contributed by atoms with van der Waals surface area (Å²) in [6, 6.07) is 14.8. The molecule has 0 aliphatic rings. The molecule has 0 saturated heterocycles. The van der Waals surface area contributed by atoms with Gasteiger partial charge < -0.3 is 21.3 Å². The van der Waals surface area contributed by atoms with Gasteiger partial charge in [-0.25, -0.2) is 4.79 Å². The predicted octanol–water partition coefficient (Wildman–Crippen LogP) is 4.50. The van der Waals surface area contributed by atoms with Gasteiger partial charge in [-0.05, 0) is 57.2 Å². The first-order chi connectivity index (χ1) is 16.2. The van der Waals surface area contributed by atoms with Gasteiger partial charge in [0.05, 0.1) is 16.4 Å². The summed E-state index contributed by atoms with van der Waals surface area (Å²) in [4.78, 5) is 36.7. The monoisotopic (exact) mass is 482 g/mol. The largest absolute Gasteiger partial charge is 0.337 e. The molecule has 0 fully saturated rings. The number of urea groups is 1. The molecule has 0 saturated carbocycles. The minimum absolute atomic E-state index is 0.0818. The van der Waals surface area contributed by atoms with Crippen LogP contribution in [0.2, 0.25) is 5.02 Å². The smallest absolute Gasteiger partial charge is 0.319 e. The van der Waals surface area contributed by atoms with E-state index in [9.17, 15) is 14.4 Å². The van der Waals surface area contributed by atoms with Gasteiger partial charge in [-0.3, -0.25) is 14.3 Å². The normalized spacial score (nSPS) is 11.4. The number of aromatic nitrogens is 2. The van der Waals surface area contributed by atoms with Crippen molar-refractivity contribution in [3.63, 3.8) is 0 Å². The minimum atomic E-state index is -0.518. The molecule has 1 aromatic heterocycles. The number of halogens is 1. The van der Waals surface area contributed by atoms with Crippen LogP contribution in [0.15, 0.2) is 54.6 Å². The second-order valence-electron chi connectivity index (χ2n) is 7.78. The van der Waals surface area contributed by atoms with Gasteiger partial charge in [-0.15, -0.1) is 0 Å². The maximum atomic E-state index is 12.6. The van der Waals surface area contributed by atoms with Crippen molar-refractivity contribution in [3.05, 3.63) is 71.0 Å². The number of nitrogens with one attached hydrogen (secondary N) is 4. The van der Waals surface area contributed by atoms with E-state index in [1.807, 2.05) is 38.1 Å². The number of carbonyl (C=O) groups excluding carboxylic acids is 3. The number of rotatable bonds is 8. The molecular weight excluding hydrogens is 456 g/mol. The van der Waals surface area contributed by atoms with E-state index >= 15 is 0 Å². The van der Waals surface area contributed by atoms with Gasteiger partial charge in [0.2, 0.25) is 11.8 Å². The van der Waals surface area contributed by atoms with E-state index in [-0.39, 0.29) is 29.8 Å². The highest BCUT2D eigenvalue weighted by molar-refractivity contribution is 6.34. The lowest BCUT2D eigenvalue weighted by atomic mass is 10.2. The van der Waals surface area contributed by atoms with Crippen molar-refractivity contribution in [1.82, 2.24) is 15.1 Å². The van der Waals surface area contributed by atoms with Crippen molar-refractivity contribution in [3.8, 4) is 0 Å². The Balaban J connectivity index is 1.47. The van der Waals surface area contributed by atoms with Crippen molar-refractivity contribution >= 4 is 46.5 Å². The summed E-state index contributed by atoms with van der Waals surface area (Å²) in [5, 5.41) is 15.5. The Morgan fingerprint density at radius 2 is 1.71 bits per heavy atom. The first-order valence-electron chi connectivity index (χ1n) is 10.8. The first kappa shape index (κ1) is 24.8. The van der Waals surface area contributed by atoms with Crippen molar-refractivity contribution < 1.29 is 14.4 Å². The molecular formula is C24H27ClN6O3. The lowest BCUT2D eigenvalue weighted by Gasteiger charge is -2.16. The van der Waals surface area contributed by atoms with Gasteiger partial charge in [0.1, 0.15) is 6.04 Å². The molecule has 4 N–H and O–H groups in total. The Morgan fingerprint density at radius 3 is 2.35 bits per heavy atom. The Morgan fingerprint density at radius 1 is 0.971 bits per heavy atom. The number of amides is 4. The van der Waals surface area contributed by atoms with E-state index < -0.39 is 12.1 Å². The van der Waals surface area contributed by atoms with Crippen LogP contribution in [0.3, 0.4) is 0 Å². The Bertz CT molecular complexity index is 1180. The highest BCUT2D eigenvalue weighted by Gasteiger charge is 2.19. The van der Waals surface area contributed by atoms with Crippen LogP contribution in [0.4, 0.5) is 21.9 Å². The molecule has 0 bridgehead atoms. The summed E-state index contributed by atoms with van der Waals surface area (Å²) in [5.41, 5.74) is 3.29. The Kier molecular flexibility index (Phi) is 8.26. The van der Waals surface area contributed by atoms with E-state index in [1.54, 1.807) is 41.9 Å². The zero-order valence-corrected chi connectivity index (χ0v) is 19.9. The molecule has 1 heterocycles. The molecule has 4 amide bonds. The van der Waals surface area contributed by atoms with E-state index in [2.05, 4.69) is 26.4 Å². The minimum Gasteiger partial charge on any atom is -0.337 e. The summed E-state index contributed by atoms with van der Waals surface area (Å²) in [7, 11) is 0. The number of anilines is 3. The van der Waals surface area contributed by atoms with Crippen molar-refractivity contribution in [2.24, 2.45) is 0 Å². The Labute approximate surface area is 202 Å². The molecule has 1 unspecified atom stereocenters. The van der Waals surface area contributed by atoms with E-state index in [4.69, 9.17) is 11.6 Å². The van der Waals surface area contributed by atoms with Crippen LogP contribution >= 0.6 is 11.6 Å². The average Bonchev–Trinajstić information content (AvgIpc) is 3.13. The predicted molar refractivity (Wildman–Crippen MR) is 133 cm³/mol. The quantitative estimate of drug-likeness (QED) is 0.378. The van der Waals surface area contributed by atoms with Crippen molar-refractivity contribution in [2.45, 2.75) is 33.2 Å². The third-order valence-electron chi connectivity index (χ3n) is 4.97. The van der Waals surface area contributed by atoms with Gasteiger partial charge in [0.25, 0.3) is 0 Å². The van der Waals surface area contributed by atoms with Crippen LogP contribution in [-0.2, 0) is 9.59 Å². The molecule has 2 aromatic carbocycles. The fourth-order valence-corrected chi connectivity index (χ4v) is 3.52. The molecule has 10 heteroatoms. The highest BCUT2D eigenvalue weighted by Crippen LogP contribution is 2.26. The van der Waals surface area contributed by atoms with Crippen LogP contribution in [0.1, 0.15) is 30.8 Å². The summed E-state index contributed by atoms with van der Waals surface area (Å²) in [6.45, 7) is 5.68. The summed E-state index contributed by atoms with van der Waals surface area (Å²) >= 11 is 6.31. The molecule has 0 aliphatic heterocycles. The lowest BCUT2D eigenvalue weighted by molar-refractivity contribution is -0.119. The first-order valence-corrected chi connectivity index (χ1v) is 11.1. The molecule has 0 radical (unpaired) electrons. The molecule has 9 nitrogen and oxygen atoms in total. The Hall–Kier alpha value is -3.85. The second-order valence-corrected chi connectivity index (χ2v) is 8.18. The molecule has 0 aliphatic carbocycles. The van der Waals surface area contributed by atoms with Crippen LogP contribution in [-0.4, -0.2) is 34.2 Å². The summed E-state index contributed by atoms with van der Waals surface area (Å²) < 4.78 is 1.65. The van der Waals surface area contributed by atoms with Crippen LogP contribution in [0.5, 0.6) is 0 Å². The van der Waals surface area contributed by atoms with E-state index in [0.717, 1.165) is 11.4 Å². The van der Waals surface area contributed by atoms with Gasteiger partial charge in [-0.1, -0.05) is 29.8 Å². The average molecular weight is 483 g/mol. The van der Waals surface area contributed by atoms with Crippen LogP contribution in [0.25, 0.3) is 0 Å². The number of aryl methyl sites for hydroxylation is 2. The van der Waals surface area contributed by atoms with Gasteiger partial charge in [0.15, 0.2) is 0 Å². The number of benzene rings is 2. The third kappa shape index (κ3) is 6.82. The number of nitrogens with zero attached hydrogens (tertiary/aromatic N) is 2.